The number of nitrogens with zero attached hydrogens (tertiary/aromatic N) is 1. The van der Waals surface area contributed by atoms with Crippen molar-refractivity contribution in [1.82, 2.24) is 25.9 Å². The first-order valence-corrected chi connectivity index (χ1v) is 8.66. The lowest BCUT2D eigenvalue weighted by molar-refractivity contribution is -0.141. The largest absolute Gasteiger partial charge is 0.480 e. The molecule has 0 aliphatic heterocycles. The normalized spacial score (nSPS) is 14.7. The monoisotopic (exact) mass is 411 g/mol. The van der Waals surface area contributed by atoms with E-state index in [1.54, 1.807) is 0 Å². The molecule has 0 aliphatic carbocycles. The van der Waals surface area contributed by atoms with Gasteiger partial charge < -0.3 is 37.5 Å². The number of H-pyrrole nitrogens is 1. The minimum absolute atomic E-state index is 0.114. The second-order valence-corrected chi connectivity index (χ2v) is 6.42. The molecule has 0 bridgehead atoms. The number of imidazole rings is 1. The summed E-state index contributed by atoms with van der Waals surface area (Å²) in [6.07, 6.45) is 2.50. The minimum atomic E-state index is -1.36. The molecule has 4 amide bonds. The van der Waals surface area contributed by atoms with Gasteiger partial charge in [-0.25, -0.2) is 4.98 Å². The van der Waals surface area contributed by atoms with Gasteiger partial charge in [-0.05, 0) is 13.8 Å². The number of nitrogens with one attached hydrogen (secondary N) is 4. The van der Waals surface area contributed by atoms with Crippen molar-refractivity contribution in [3.8, 4) is 0 Å². The molecule has 9 N–H and O–H groups in total. The number of rotatable bonds is 11. The molecule has 0 radical (unpaired) electrons. The Morgan fingerprint density at radius 3 is 2.21 bits per heavy atom. The lowest BCUT2D eigenvalue weighted by atomic mass is 10.1. The standard InChI is InChI=1S/C16H25N7O6/c1-7(13(25)22-8(2)16(28)29)21-15(27)11(4-12(18)24)23-14(26)10(17)3-9-5-19-6-20-9/h5-8,10-11H,3-4,17H2,1-2H3,(H2,18,24)(H,19,20)(H,21,27)(H,22,25)(H,23,26)(H,28,29). The summed E-state index contributed by atoms with van der Waals surface area (Å²) < 4.78 is 0. The second kappa shape index (κ2) is 10.8. The highest BCUT2D eigenvalue weighted by Gasteiger charge is 2.28. The molecule has 4 atom stereocenters. The molecule has 0 saturated carbocycles. The fourth-order valence-electron chi connectivity index (χ4n) is 2.19. The van der Waals surface area contributed by atoms with E-state index in [9.17, 15) is 24.0 Å². The van der Waals surface area contributed by atoms with Gasteiger partial charge in [-0.2, -0.15) is 0 Å². The number of nitrogens with two attached hydrogens (primary N) is 2. The summed E-state index contributed by atoms with van der Waals surface area (Å²) in [5, 5.41) is 15.6. The van der Waals surface area contributed by atoms with Crippen LogP contribution in [0, 0.1) is 0 Å². The van der Waals surface area contributed by atoms with E-state index >= 15 is 0 Å². The van der Waals surface area contributed by atoms with E-state index in [0.29, 0.717) is 5.69 Å². The van der Waals surface area contributed by atoms with Gasteiger partial charge in [-0.15, -0.1) is 0 Å². The molecule has 29 heavy (non-hydrogen) atoms. The smallest absolute Gasteiger partial charge is 0.325 e. The van der Waals surface area contributed by atoms with Crippen molar-refractivity contribution in [2.45, 2.75) is 50.9 Å². The first-order chi connectivity index (χ1) is 13.5. The van der Waals surface area contributed by atoms with Gasteiger partial charge in [0, 0.05) is 18.3 Å². The van der Waals surface area contributed by atoms with Gasteiger partial charge in [0.2, 0.25) is 23.6 Å². The number of carboxylic acids is 1. The Bertz CT molecular complexity index is 751. The third-order valence-corrected chi connectivity index (χ3v) is 3.85. The first-order valence-electron chi connectivity index (χ1n) is 8.66. The van der Waals surface area contributed by atoms with E-state index in [1.807, 2.05) is 0 Å². The topological polar surface area (TPSA) is 222 Å². The van der Waals surface area contributed by atoms with Gasteiger partial charge in [0.05, 0.1) is 18.8 Å². The number of aromatic amines is 1. The van der Waals surface area contributed by atoms with Crippen LogP contribution < -0.4 is 27.4 Å². The van der Waals surface area contributed by atoms with Crippen LogP contribution in [0.5, 0.6) is 0 Å². The van der Waals surface area contributed by atoms with Crippen LogP contribution in [-0.4, -0.2) is 68.8 Å². The van der Waals surface area contributed by atoms with Gasteiger partial charge in [0.25, 0.3) is 0 Å². The van der Waals surface area contributed by atoms with Crippen molar-refractivity contribution in [2.75, 3.05) is 0 Å². The van der Waals surface area contributed by atoms with Gasteiger partial charge >= 0.3 is 5.97 Å². The van der Waals surface area contributed by atoms with Crippen LogP contribution in [0.25, 0.3) is 0 Å². The van der Waals surface area contributed by atoms with E-state index in [0.717, 1.165) is 0 Å². The Morgan fingerprint density at radius 2 is 1.69 bits per heavy atom. The molecule has 0 saturated heterocycles. The van der Waals surface area contributed by atoms with Crippen molar-refractivity contribution >= 4 is 29.6 Å². The second-order valence-electron chi connectivity index (χ2n) is 6.42. The minimum Gasteiger partial charge on any atom is -0.480 e. The molecule has 0 spiro atoms. The molecule has 0 aliphatic rings. The summed E-state index contributed by atoms with van der Waals surface area (Å²) >= 11 is 0. The average molecular weight is 411 g/mol. The molecule has 13 heteroatoms. The third kappa shape index (κ3) is 7.96. The highest BCUT2D eigenvalue weighted by molar-refractivity contribution is 5.95. The van der Waals surface area contributed by atoms with Crippen LogP contribution in [0.1, 0.15) is 26.0 Å². The number of amides is 4. The van der Waals surface area contributed by atoms with Crippen LogP contribution in [0.15, 0.2) is 12.5 Å². The fraction of sp³-hybridized carbons (Fsp3) is 0.500. The van der Waals surface area contributed by atoms with Gasteiger partial charge in [-0.1, -0.05) is 0 Å². The molecule has 0 fully saturated rings. The molecule has 4 unspecified atom stereocenters. The summed E-state index contributed by atoms with van der Waals surface area (Å²) in [4.78, 5) is 65.2. The first kappa shape index (κ1) is 23.6. The summed E-state index contributed by atoms with van der Waals surface area (Å²) in [6, 6.07) is -4.69. The SMILES string of the molecule is CC(NC(=O)C(C)NC(=O)C(CC(N)=O)NC(=O)C(N)Cc1cnc[nH]1)C(=O)O. The molecule has 1 aromatic rings. The lowest BCUT2D eigenvalue weighted by Crippen LogP contribution is -2.57. The summed E-state index contributed by atoms with van der Waals surface area (Å²) in [6.45, 7) is 2.57. The average Bonchev–Trinajstić information content (AvgIpc) is 3.13. The lowest BCUT2D eigenvalue weighted by Gasteiger charge is -2.22. The fourth-order valence-corrected chi connectivity index (χ4v) is 2.19. The maximum absolute atomic E-state index is 12.4. The molecule has 13 nitrogen and oxygen atoms in total. The molecule has 160 valence electrons. The van der Waals surface area contributed by atoms with E-state index in [4.69, 9.17) is 16.6 Å². The molecular weight excluding hydrogens is 386 g/mol. The zero-order valence-corrected chi connectivity index (χ0v) is 16.0. The summed E-state index contributed by atoms with van der Waals surface area (Å²) in [5.74, 6) is -4.42. The quantitative estimate of drug-likeness (QED) is 0.195. The number of carboxylic acid groups (broad SMARTS) is 1. The zero-order valence-electron chi connectivity index (χ0n) is 16.0. The van der Waals surface area contributed by atoms with Crippen LogP contribution in [-0.2, 0) is 30.4 Å². The van der Waals surface area contributed by atoms with Gasteiger partial charge in [0.1, 0.15) is 18.1 Å². The Hall–Kier alpha value is -3.48. The van der Waals surface area contributed by atoms with E-state index < -0.39 is 60.2 Å². The Kier molecular flexibility index (Phi) is 8.73. The van der Waals surface area contributed by atoms with Crippen molar-refractivity contribution in [3.63, 3.8) is 0 Å². The Balaban J connectivity index is 2.71. The van der Waals surface area contributed by atoms with E-state index in [-0.39, 0.29) is 6.42 Å². The Labute approximate surface area is 166 Å². The summed E-state index contributed by atoms with van der Waals surface area (Å²) in [5.41, 5.74) is 11.5. The van der Waals surface area contributed by atoms with Crippen LogP contribution in [0.3, 0.4) is 0 Å². The third-order valence-electron chi connectivity index (χ3n) is 3.85. The molecule has 1 heterocycles. The molecule has 1 rings (SSSR count). The van der Waals surface area contributed by atoms with Crippen molar-refractivity contribution in [2.24, 2.45) is 11.5 Å². The van der Waals surface area contributed by atoms with Crippen molar-refractivity contribution in [3.05, 3.63) is 18.2 Å². The number of carbonyl (C=O) groups excluding carboxylic acids is 4. The van der Waals surface area contributed by atoms with E-state index in [2.05, 4.69) is 25.9 Å². The number of carbonyl (C=O) groups is 5. The molecule has 0 aromatic carbocycles. The highest BCUT2D eigenvalue weighted by atomic mass is 16.4. The zero-order chi connectivity index (χ0) is 22.1. The predicted molar refractivity (Wildman–Crippen MR) is 98.9 cm³/mol. The number of aromatic nitrogens is 2. The molecule has 1 aromatic heterocycles. The number of primary amides is 1. The summed E-state index contributed by atoms with van der Waals surface area (Å²) in [7, 11) is 0. The number of hydrogen-bond acceptors (Lipinski definition) is 7. The van der Waals surface area contributed by atoms with Crippen molar-refractivity contribution in [1.29, 1.82) is 0 Å². The van der Waals surface area contributed by atoms with Crippen LogP contribution in [0.4, 0.5) is 0 Å². The Morgan fingerprint density at radius 1 is 1.07 bits per heavy atom. The predicted octanol–water partition coefficient (Wildman–Crippen LogP) is -3.27. The molecular formula is C16H25N7O6. The van der Waals surface area contributed by atoms with Crippen molar-refractivity contribution < 1.29 is 29.1 Å². The van der Waals surface area contributed by atoms with E-state index in [1.165, 1.54) is 26.4 Å². The highest BCUT2D eigenvalue weighted by Crippen LogP contribution is 2.00. The maximum atomic E-state index is 12.4. The number of hydrogen-bond donors (Lipinski definition) is 7. The van der Waals surface area contributed by atoms with Crippen LogP contribution in [0.2, 0.25) is 0 Å². The van der Waals surface area contributed by atoms with Gasteiger partial charge in [-0.3, -0.25) is 24.0 Å². The maximum Gasteiger partial charge on any atom is 0.325 e. The van der Waals surface area contributed by atoms with Crippen LogP contribution >= 0.6 is 0 Å². The number of aliphatic carboxylic acids is 1. The van der Waals surface area contributed by atoms with Gasteiger partial charge in [0.15, 0.2) is 0 Å².